The molecule has 0 unspecified atom stereocenters. The molecule has 1 fully saturated rings. The summed E-state index contributed by atoms with van der Waals surface area (Å²) in [7, 11) is 0. The lowest BCUT2D eigenvalue weighted by molar-refractivity contribution is 0.0694. The molecule has 194 valence electrons. The van der Waals surface area contributed by atoms with Crippen molar-refractivity contribution in [3.8, 4) is 5.75 Å². The van der Waals surface area contributed by atoms with Crippen LogP contribution in [0.5, 0.6) is 5.75 Å². The molecule has 0 radical (unpaired) electrons. The van der Waals surface area contributed by atoms with Crippen LogP contribution in [0.3, 0.4) is 0 Å². The second kappa shape index (κ2) is 12.6. The van der Waals surface area contributed by atoms with E-state index in [4.69, 9.17) is 4.74 Å². The molecule has 1 saturated carbocycles. The van der Waals surface area contributed by atoms with Gasteiger partial charge in [0.2, 0.25) is 0 Å². The molecule has 0 amide bonds. The average molecular weight is 509 g/mol. The Morgan fingerprint density at radius 3 is 2.25 bits per heavy atom. The molecule has 3 rings (SSSR count). The first-order chi connectivity index (χ1) is 17.1. The number of carboxylic acid groups (broad SMARTS) is 1. The van der Waals surface area contributed by atoms with Crippen LogP contribution in [-0.2, 0) is 0 Å². The minimum atomic E-state index is -0.979. The summed E-state index contributed by atoms with van der Waals surface area (Å²) < 4.78 is 5.97. The monoisotopic (exact) mass is 508 g/mol. The van der Waals surface area contributed by atoms with Gasteiger partial charge in [0.05, 0.1) is 11.7 Å². The van der Waals surface area contributed by atoms with Crippen molar-refractivity contribution in [2.75, 3.05) is 5.75 Å². The average Bonchev–Trinajstić information content (AvgIpc) is 2.81. The lowest BCUT2D eigenvalue weighted by Crippen LogP contribution is -2.12. The van der Waals surface area contributed by atoms with E-state index in [1.54, 1.807) is 32.1 Å². The van der Waals surface area contributed by atoms with Crippen LogP contribution in [-0.4, -0.2) is 28.7 Å². The Balaban J connectivity index is 1.78. The van der Waals surface area contributed by atoms with E-state index in [9.17, 15) is 14.7 Å². The molecule has 36 heavy (non-hydrogen) atoms. The summed E-state index contributed by atoms with van der Waals surface area (Å²) >= 11 is 1.92. The Morgan fingerprint density at radius 2 is 1.67 bits per heavy atom. The van der Waals surface area contributed by atoms with Crippen molar-refractivity contribution < 1.29 is 19.4 Å². The number of rotatable bonds is 10. The third kappa shape index (κ3) is 7.03. The van der Waals surface area contributed by atoms with Gasteiger partial charge in [0.15, 0.2) is 5.78 Å². The molecular formula is C31H40O4S. The molecular weight excluding hydrogens is 468 g/mol. The number of ketones is 1. The predicted octanol–water partition coefficient (Wildman–Crippen LogP) is 8.36. The first-order valence-electron chi connectivity index (χ1n) is 13.1. The zero-order chi connectivity index (χ0) is 26.4. The van der Waals surface area contributed by atoms with Gasteiger partial charge in [0.25, 0.3) is 0 Å². The molecule has 0 aromatic heterocycles. The summed E-state index contributed by atoms with van der Waals surface area (Å²) in [6.45, 7) is 11.5. The third-order valence-electron chi connectivity index (χ3n) is 6.97. The molecule has 0 heterocycles. The van der Waals surface area contributed by atoms with Crippen molar-refractivity contribution in [2.45, 2.75) is 91.1 Å². The fraction of sp³-hybridized carbons (Fsp3) is 0.484. The highest BCUT2D eigenvalue weighted by atomic mass is 32.2. The lowest BCUT2D eigenvalue weighted by Gasteiger charge is -2.21. The molecule has 0 spiro atoms. The van der Waals surface area contributed by atoms with Crippen LogP contribution in [0.4, 0.5) is 0 Å². The predicted molar refractivity (Wildman–Crippen MR) is 150 cm³/mol. The van der Waals surface area contributed by atoms with Crippen LogP contribution in [0.25, 0.3) is 6.08 Å². The van der Waals surface area contributed by atoms with Gasteiger partial charge in [-0.05, 0) is 107 Å². The second-order valence-electron chi connectivity index (χ2n) is 10.4. The summed E-state index contributed by atoms with van der Waals surface area (Å²) in [6, 6.07) is 5.75. The van der Waals surface area contributed by atoms with Crippen LogP contribution in [0.1, 0.15) is 101 Å². The first-order valence-corrected chi connectivity index (χ1v) is 14.1. The van der Waals surface area contributed by atoms with E-state index in [1.165, 1.54) is 43.4 Å². The van der Waals surface area contributed by atoms with Gasteiger partial charge in [-0.15, -0.1) is 11.8 Å². The van der Waals surface area contributed by atoms with Gasteiger partial charge in [-0.1, -0.05) is 32.1 Å². The number of carboxylic acids is 1. The van der Waals surface area contributed by atoms with Crippen molar-refractivity contribution in [2.24, 2.45) is 5.92 Å². The zero-order valence-corrected chi connectivity index (χ0v) is 23.4. The van der Waals surface area contributed by atoms with Crippen molar-refractivity contribution >= 4 is 29.6 Å². The molecule has 2 aromatic rings. The van der Waals surface area contributed by atoms with E-state index >= 15 is 0 Å². The van der Waals surface area contributed by atoms with E-state index in [1.807, 2.05) is 37.7 Å². The summed E-state index contributed by atoms with van der Waals surface area (Å²) in [6.07, 6.45) is 11.4. The number of ether oxygens (including phenoxy) is 1. The number of hydrogen-bond acceptors (Lipinski definition) is 4. The molecule has 1 aliphatic rings. The molecule has 2 aromatic carbocycles. The minimum Gasteiger partial charge on any atom is -0.490 e. The highest BCUT2D eigenvalue weighted by Gasteiger charge is 2.19. The van der Waals surface area contributed by atoms with Crippen molar-refractivity contribution in [3.63, 3.8) is 0 Å². The molecule has 0 aliphatic heterocycles. The lowest BCUT2D eigenvalue weighted by atomic mass is 9.88. The number of benzene rings is 2. The van der Waals surface area contributed by atoms with Crippen molar-refractivity contribution in [1.29, 1.82) is 0 Å². The summed E-state index contributed by atoms with van der Waals surface area (Å²) in [5.74, 6) is 1.46. The number of allylic oxidation sites excluding steroid dienone is 1. The van der Waals surface area contributed by atoms with Gasteiger partial charge in [0.1, 0.15) is 5.75 Å². The number of aromatic carboxylic acids is 1. The van der Waals surface area contributed by atoms with Crippen LogP contribution in [0, 0.1) is 33.6 Å². The van der Waals surface area contributed by atoms with Crippen LogP contribution in [0.2, 0.25) is 0 Å². The minimum absolute atomic E-state index is 0.0759. The van der Waals surface area contributed by atoms with E-state index in [0.29, 0.717) is 28.0 Å². The van der Waals surface area contributed by atoms with Gasteiger partial charge in [-0.3, -0.25) is 4.79 Å². The molecule has 0 bridgehead atoms. The van der Waals surface area contributed by atoms with E-state index < -0.39 is 5.97 Å². The summed E-state index contributed by atoms with van der Waals surface area (Å²) in [5, 5.41) is 9.63. The molecule has 0 saturated heterocycles. The maximum Gasteiger partial charge on any atom is 0.336 e. The van der Waals surface area contributed by atoms with E-state index in [2.05, 4.69) is 13.8 Å². The number of carbonyl (C=O) groups excluding carboxylic acids is 1. The van der Waals surface area contributed by atoms with Gasteiger partial charge < -0.3 is 9.84 Å². The fourth-order valence-electron chi connectivity index (χ4n) is 5.23. The number of aryl methyl sites for hydroxylation is 3. The van der Waals surface area contributed by atoms with Gasteiger partial charge in [0, 0.05) is 21.6 Å². The maximum atomic E-state index is 13.1. The quantitative estimate of drug-likeness (QED) is 0.198. The molecule has 0 atom stereocenters. The van der Waals surface area contributed by atoms with Gasteiger partial charge in [-0.25, -0.2) is 4.79 Å². The zero-order valence-electron chi connectivity index (χ0n) is 22.6. The van der Waals surface area contributed by atoms with Crippen LogP contribution in [0.15, 0.2) is 29.2 Å². The Morgan fingerprint density at radius 1 is 1.03 bits per heavy atom. The van der Waals surface area contributed by atoms with Crippen molar-refractivity contribution in [1.82, 2.24) is 0 Å². The SMILES string of the molecule is Cc1cc(C(=O)C=Cc2cc(C)c(C(=O)O)c(C)c2OC(C)C)cc(C)c1SCCC1CCCCC1. The van der Waals surface area contributed by atoms with E-state index in [-0.39, 0.29) is 17.5 Å². The molecule has 4 nitrogen and oxygen atoms in total. The van der Waals surface area contributed by atoms with E-state index in [0.717, 1.165) is 22.8 Å². The standard InChI is InChI=1S/C31H40O4S/c1-19(2)35-29-23(6)28(31(33)34)20(3)16-25(29)12-13-27(32)26-17-21(4)30(22(5)18-26)36-15-14-24-10-8-7-9-11-24/h12-13,16-19,24H,7-11,14-15H2,1-6H3,(H,33,34). The topological polar surface area (TPSA) is 63.6 Å². The Hall–Kier alpha value is -2.53. The fourth-order valence-corrected chi connectivity index (χ4v) is 6.46. The summed E-state index contributed by atoms with van der Waals surface area (Å²) in [5.41, 5.74) is 5.12. The Bertz CT molecular complexity index is 1120. The highest BCUT2D eigenvalue weighted by Crippen LogP contribution is 2.34. The maximum absolute atomic E-state index is 13.1. The largest absolute Gasteiger partial charge is 0.490 e. The number of hydrogen-bond donors (Lipinski definition) is 1. The van der Waals surface area contributed by atoms with Crippen LogP contribution < -0.4 is 4.74 Å². The Kier molecular flexibility index (Phi) is 9.84. The summed E-state index contributed by atoms with van der Waals surface area (Å²) in [4.78, 5) is 26.1. The highest BCUT2D eigenvalue weighted by molar-refractivity contribution is 7.99. The van der Waals surface area contributed by atoms with Gasteiger partial charge >= 0.3 is 5.97 Å². The molecule has 1 aliphatic carbocycles. The molecule has 1 N–H and O–H groups in total. The number of thioether (sulfide) groups is 1. The van der Waals surface area contributed by atoms with Crippen molar-refractivity contribution in [3.05, 3.63) is 63.2 Å². The third-order valence-corrected chi connectivity index (χ3v) is 8.34. The van der Waals surface area contributed by atoms with Crippen LogP contribution >= 0.6 is 11.8 Å². The first kappa shape index (κ1) is 28.0. The smallest absolute Gasteiger partial charge is 0.336 e. The molecule has 5 heteroatoms. The Labute approximate surface area is 220 Å². The normalized spacial score (nSPS) is 14.5. The number of carbonyl (C=O) groups is 2. The second-order valence-corrected chi connectivity index (χ2v) is 11.5. The van der Waals surface area contributed by atoms with Gasteiger partial charge in [-0.2, -0.15) is 0 Å².